The molecule has 0 heterocycles. The van der Waals surface area contributed by atoms with Crippen molar-refractivity contribution in [1.82, 2.24) is 5.32 Å². The van der Waals surface area contributed by atoms with E-state index >= 15 is 0 Å². The monoisotopic (exact) mass is 1000 g/mol. The van der Waals surface area contributed by atoms with Gasteiger partial charge in [0.15, 0.2) is 0 Å². The van der Waals surface area contributed by atoms with Crippen LogP contribution in [0, 0.1) is 0 Å². The van der Waals surface area contributed by atoms with Gasteiger partial charge in [-0.05, 0) is 57.8 Å². The van der Waals surface area contributed by atoms with Gasteiger partial charge in [0.1, 0.15) is 13.2 Å². The molecular weight excluding hydrogens is 888 g/mol. The highest BCUT2D eigenvalue weighted by Gasteiger charge is 2.23. The molecule has 0 aliphatic carbocycles. The summed E-state index contributed by atoms with van der Waals surface area (Å²) in [5.74, 6) is -0.196. The van der Waals surface area contributed by atoms with Gasteiger partial charge in [-0.2, -0.15) is 0 Å². The van der Waals surface area contributed by atoms with Crippen LogP contribution in [0.4, 0.5) is 0 Å². The highest BCUT2D eigenvalue weighted by atomic mass is 31.2. The van der Waals surface area contributed by atoms with Crippen LogP contribution in [0.15, 0.2) is 60.8 Å². The first-order chi connectivity index (χ1) is 34.0. The summed E-state index contributed by atoms with van der Waals surface area (Å²) in [7, 11) is 1.27. The molecule has 0 bridgehead atoms. The summed E-state index contributed by atoms with van der Waals surface area (Å²) in [6.07, 6.45) is 70.1. The Kier molecular flexibility index (Phi) is 50.7. The molecule has 8 nitrogen and oxygen atoms in total. The molecule has 3 unspecified atom stereocenters. The molecule has 0 aromatic rings. The zero-order chi connectivity index (χ0) is 51.3. The Morgan fingerprint density at radius 2 is 0.871 bits per heavy atom. The van der Waals surface area contributed by atoms with E-state index in [1.165, 1.54) is 186 Å². The van der Waals surface area contributed by atoms with Gasteiger partial charge >= 0.3 is 0 Å². The molecule has 0 radical (unpaired) electrons. The first-order valence-electron chi connectivity index (χ1n) is 29.7. The minimum Gasteiger partial charge on any atom is -0.756 e. The lowest BCUT2D eigenvalue weighted by molar-refractivity contribution is -0.870. The zero-order valence-corrected chi connectivity index (χ0v) is 47.6. The third-order valence-corrected chi connectivity index (χ3v) is 14.2. The minimum atomic E-state index is -4.60. The summed E-state index contributed by atoms with van der Waals surface area (Å²) in [6.45, 7) is 4.56. The Labute approximate surface area is 434 Å². The molecule has 1 amide bonds. The number of nitrogens with one attached hydrogen (secondary N) is 1. The fraction of sp³-hybridized carbons (Fsp3) is 0.820. The number of rotatable bonds is 54. The number of allylic oxidation sites excluding steroid dienone is 9. The molecule has 2 N–H and O–H groups in total. The zero-order valence-electron chi connectivity index (χ0n) is 46.7. The Morgan fingerprint density at radius 1 is 0.514 bits per heavy atom. The summed E-state index contributed by atoms with van der Waals surface area (Å²) in [4.78, 5) is 25.5. The highest BCUT2D eigenvalue weighted by Crippen LogP contribution is 2.38. The third-order valence-electron chi connectivity index (χ3n) is 13.2. The van der Waals surface area contributed by atoms with Gasteiger partial charge in [0.25, 0.3) is 7.82 Å². The first kappa shape index (κ1) is 68.2. The van der Waals surface area contributed by atoms with E-state index in [-0.39, 0.29) is 19.1 Å². The van der Waals surface area contributed by atoms with Crippen molar-refractivity contribution in [1.29, 1.82) is 0 Å². The van der Waals surface area contributed by atoms with Crippen LogP contribution >= 0.6 is 7.82 Å². The van der Waals surface area contributed by atoms with Gasteiger partial charge in [0, 0.05) is 6.42 Å². The molecule has 0 aromatic heterocycles. The second kappa shape index (κ2) is 52.1. The van der Waals surface area contributed by atoms with Crippen molar-refractivity contribution in [2.75, 3.05) is 40.9 Å². The minimum absolute atomic E-state index is 0.00128. The van der Waals surface area contributed by atoms with E-state index in [0.717, 1.165) is 64.2 Å². The molecule has 0 aromatic carbocycles. The van der Waals surface area contributed by atoms with Crippen molar-refractivity contribution in [2.45, 2.75) is 283 Å². The van der Waals surface area contributed by atoms with Gasteiger partial charge < -0.3 is 28.8 Å². The van der Waals surface area contributed by atoms with Crippen LogP contribution in [0.2, 0.25) is 0 Å². The number of hydrogen-bond donors (Lipinski definition) is 2. The Morgan fingerprint density at radius 3 is 1.27 bits per heavy atom. The SMILES string of the molecule is CC/C=C\C/C=C\C/C=C\C/C=C\CCCCCCCCCCCCCCCCCCC(=O)NC(COP(=O)([O-])OCC[N+](C)(C)C)C(O)/C=C/CCCCCCCCCCCCCCCCCCC. The van der Waals surface area contributed by atoms with Crippen molar-refractivity contribution in [3.63, 3.8) is 0 Å². The van der Waals surface area contributed by atoms with E-state index < -0.39 is 20.0 Å². The lowest BCUT2D eigenvalue weighted by Crippen LogP contribution is -2.45. The Bertz CT molecular complexity index is 1320. The molecule has 70 heavy (non-hydrogen) atoms. The fourth-order valence-corrected chi connectivity index (χ4v) is 9.34. The van der Waals surface area contributed by atoms with Gasteiger partial charge in [-0.3, -0.25) is 9.36 Å². The molecule has 0 aliphatic rings. The summed E-state index contributed by atoms with van der Waals surface area (Å²) in [6, 6.07) is -0.888. The number of phosphoric ester groups is 1. The number of carbonyl (C=O) groups excluding carboxylic acids is 1. The van der Waals surface area contributed by atoms with Crippen molar-refractivity contribution in [3.8, 4) is 0 Å². The van der Waals surface area contributed by atoms with Crippen LogP contribution in [0.1, 0.15) is 271 Å². The van der Waals surface area contributed by atoms with Gasteiger partial charge in [-0.1, -0.05) is 267 Å². The predicted octanol–water partition coefficient (Wildman–Crippen LogP) is 17.5. The number of hydrogen-bond acceptors (Lipinski definition) is 6. The number of quaternary nitrogens is 1. The van der Waals surface area contributed by atoms with Crippen molar-refractivity contribution in [3.05, 3.63) is 60.8 Å². The van der Waals surface area contributed by atoms with E-state index in [1.54, 1.807) is 6.08 Å². The number of unbranched alkanes of at least 4 members (excludes halogenated alkanes) is 33. The number of nitrogens with zero attached hydrogens (tertiary/aromatic N) is 1. The van der Waals surface area contributed by atoms with Crippen LogP contribution in [-0.2, 0) is 18.4 Å². The van der Waals surface area contributed by atoms with E-state index in [9.17, 15) is 19.4 Å². The molecule has 9 heteroatoms. The molecule has 0 spiro atoms. The van der Waals surface area contributed by atoms with Gasteiger partial charge in [0.2, 0.25) is 5.91 Å². The number of likely N-dealkylation sites (N-methyl/N-ethyl adjacent to an activating group) is 1. The molecule has 3 atom stereocenters. The predicted molar refractivity (Wildman–Crippen MR) is 302 cm³/mol. The molecule has 0 saturated carbocycles. The maximum Gasteiger partial charge on any atom is 0.268 e. The summed E-state index contributed by atoms with van der Waals surface area (Å²) in [5, 5.41) is 13.9. The van der Waals surface area contributed by atoms with Crippen molar-refractivity contribution < 1.29 is 32.9 Å². The summed E-state index contributed by atoms with van der Waals surface area (Å²) in [5.41, 5.74) is 0. The average molecular weight is 1000 g/mol. The molecular formula is C61H115N2O6P. The second-order valence-corrected chi connectivity index (χ2v) is 22.7. The van der Waals surface area contributed by atoms with Crippen molar-refractivity contribution >= 4 is 13.7 Å². The van der Waals surface area contributed by atoms with E-state index in [1.807, 2.05) is 27.2 Å². The number of amides is 1. The fourth-order valence-electron chi connectivity index (χ4n) is 8.62. The van der Waals surface area contributed by atoms with Crippen LogP contribution in [0.25, 0.3) is 0 Å². The van der Waals surface area contributed by atoms with E-state index in [0.29, 0.717) is 17.4 Å². The van der Waals surface area contributed by atoms with Gasteiger partial charge in [-0.25, -0.2) is 0 Å². The summed E-state index contributed by atoms with van der Waals surface area (Å²) >= 11 is 0. The van der Waals surface area contributed by atoms with E-state index in [4.69, 9.17) is 9.05 Å². The topological polar surface area (TPSA) is 108 Å². The van der Waals surface area contributed by atoms with Crippen molar-refractivity contribution in [2.24, 2.45) is 0 Å². The first-order valence-corrected chi connectivity index (χ1v) is 31.1. The van der Waals surface area contributed by atoms with Gasteiger partial charge in [0.05, 0.1) is 39.9 Å². The second-order valence-electron chi connectivity index (χ2n) is 21.3. The Hall–Kier alpha value is -1.80. The number of carbonyl (C=O) groups is 1. The third kappa shape index (κ3) is 54.0. The van der Waals surface area contributed by atoms with Crippen LogP contribution in [0.5, 0.6) is 0 Å². The number of phosphoric acid groups is 1. The van der Waals surface area contributed by atoms with Crippen LogP contribution in [-0.4, -0.2) is 68.5 Å². The standard InChI is InChI=1S/C61H115N2O6P/c1-6-8-10-12-14-16-18-20-22-24-26-27-28-29-30-31-32-33-34-35-37-39-41-43-45-47-49-51-53-55-61(65)62-59(58-69-70(66,67)68-57-56-63(3,4)5)60(64)54-52-50-48-46-44-42-40-38-36-25-23-21-19-17-15-13-11-9-7-2/h8,10,14,16,20,22,26-27,52,54,59-60,64H,6-7,9,11-13,15,17-19,21,23-25,28-51,53,55-58H2,1-5H3,(H-,62,65,66,67)/b10-8-,16-14-,22-20-,27-26-,54-52+. The largest absolute Gasteiger partial charge is 0.756 e. The lowest BCUT2D eigenvalue weighted by atomic mass is 10.0. The summed E-state index contributed by atoms with van der Waals surface area (Å²) < 4.78 is 23.4. The Balaban J connectivity index is 4.14. The maximum atomic E-state index is 13.0. The molecule has 0 aliphatic heterocycles. The molecule has 0 saturated heterocycles. The lowest BCUT2D eigenvalue weighted by Gasteiger charge is -2.29. The highest BCUT2D eigenvalue weighted by molar-refractivity contribution is 7.45. The number of aliphatic hydroxyl groups is 1. The molecule has 0 rings (SSSR count). The van der Waals surface area contributed by atoms with Crippen LogP contribution < -0.4 is 10.2 Å². The van der Waals surface area contributed by atoms with Crippen LogP contribution in [0.3, 0.4) is 0 Å². The smallest absolute Gasteiger partial charge is 0.268 e. The van der Waals surface area contributed by atoms with Gasteiger partial charge in [-0.15, -0.1) is 0 Å². The molecule has 0 fully saturated rings. The van der Waals surface area contributed by atoms with E-state index in [2.05, 4.69) is 67.8 Å². The maximum absolute atomic E-state index is 13.0. The quantitative estimate of drug-likeness (QED) is 0.0272. The number of aliphatic hydroxyl groups excluding tert-OH is 1. The molecule has 410 valence electrons. The average Bonchev–Trinajstić information content (AvgIpc) is 3.32. The normalized spacial score (nSPS) is 14.3.